The number of rotatable bonds is 5. The van der Waals surface area contributed by atoms with Gasteiger partial charge < -0.3 is 14.4 Å². The zero-order valence-electron chi connectivity index (χ0n) is 17.7. The Hall–Kier alpha value is -2.53. The molecule has 0 bridgehead atoms. The van der Waals surface area contributed by atoms with E-state index in [-0.39, 0.29) is 11.9 Å². The third kappa shape index (κ3) is 3.84. The van der Waals surface area contributed by atoms with E-state index in [0.717, 1.165) is 37.7 Å². The van der Waals surface area contributed by atoms with E-state index in [0.29, 0.717) is 11.8 Å². The van der Waals surface area contributed by atoms with Gasteiger partial charge in [0.2, 0.25) is 5.91 Å². The van der Waals surface area contributed by atoms with E-state index >= 15 is 0 Å². The molecule has 0 aliphatic carbocycles. The van der Waals surface area contributed by atoms with Crippen molar-refractivity contribution in [2.24, 2.45) is 11.8 Å². The Balaban J connectivity index is 1.55. The second kappa shape index (κ2) is 8.07. The summed E-state index contributed by atoms with van der Waals surface area (Å²) in [5.74, 6) is 2.79. The van der Waals surface area contributed by atoms with Crippen molar-refractivity contribution in [1.29, 1.82) is 0 Å². The van der Waals surface area contributed by atoms with Crippen molar-refractivity contribution in [3.05, 3.63) is 59.2 Å². The van der Waals surface area contributed by atoms with Crippen LogP contribution in [0.5, 0.6) is 11.5 Å². The van der Waals surface area contributed by atoms with Crippen LogP contribution in [0.25, 0.3) is 0 Å². The van der Waals surface area contributed by atoms with Crippen LogP contribution in [-0.2, 0) is 11.3 Å². The number of ether oxygens (including phenoxy) is 2. The van der Waals surface area contributed by atoms with Gasteiger partial charge in [-0.05, 0) is 41.7 Å². The number of fused-ring (bicyclic) bond motifs is 1. The largest absolute Gasteiger partial charge is 0.497 e. The third-order valence-electron chi connectivity index (χ3n) is 6.47. The van der Waals surface area contributed by atoms with Crippen LogP contribution >= 0.6 is 0 Å². The van der Waals surface area contributed by atoms with Crippen LogP contribution < -0.4 is 9.47 Å². The van der Waals surface area contributed by atoms with Crippen LogP contribution in [0.2, 0.25) is 0 Å². The maximum Gasteiger partial charge on any atom is 0.219 e. The van der Waals surface area contributed by atoms with E-state index in [9.17, 15) is 4.79 Å². The van der Waals surface area contributed by atoms with Crippen LogP contribution in [0.4, 0.5) is 0 Å². The number of aryl methyl sites for hydroxylation is 1. The number of carbonyl (C=O) groups is 1. The quantitative estimate of drug-likeness (QED) is 0.776. The SMILES string of the molecule is COc1cc(CN2C[C@@H]3CN(C(C)=O)[C@H](c4ccccc4C)[C@@H]3C2)cc(OC)c1. The number of methoxy groups -OCH3 is 2. The van der Waals surface area contributed by atoms with Gasteiger partial charge in [0.05, 0.1) is 20.3 Å². The summed E-state index contributed by atoms with van der Waals surface area (Å²) in [7, 11) is 3.36. The molecule has 2 aliphatic heterocycles. The van der Waals surface area contributed by atoms with Crippen molar-refractivity contribution in [3.8, 4) is 11.5 Å². The highest BCUT2D eigenvalue weighted by Gasteiger charge is 2.48. The minimum absolute atomic E-state index is 0.170. The Bertz CT molecular complexity index is 875. The molecule has 0 aromatic heterocycles. The Morgan fingerprint density at radius 1 is 1.03 bits per heavy atom. The number of likely N-dealkylation sites (tertiary alicyclic amines) is 2. The standard InChI is InChI=1S/C24H30N2O3/c1-16-7-5-6-8-22(16)24-23-15-25(13-19(23)14-26(24)17(2)27)12-18-9-20(28-3)11-21(10-18)29-4/h5-11,19,23-24H,12-15H2,1-4H3/t19-,23-,24-/m1/s1. The monoisotopic (exact) mass is 394 g/mol. The Labute approximate surface area is 173 Å². The van der Waals surface area contributed by atoms with Gasteiger partial charge in [-0.25, -0.2) is 0 Å². The van der Waals surface area contributed by atoms with Crippen LogP contribution in [0.1, 0.15) is 29.7 Å². The smallest absolute Gasteiger partial charge is 0.219 e. The molecule has 2 saturated heterocycles. The average molecular weight is 395 g/mol. The molecular weight excluding hydrogens is 364 g/mol. The van der Waals surface area contributed by atoms with Gasteiger partial charge in [0, 0.05) is 45.1 Å². The zero-order chi connectivity index (χ0) is 20.5. The highest BCUT2D eigenvalue weighted by molar-refractivity contribution is 5.74. The first-order valence-corrected chi connectivity index (χ1v) is 10.3. The molecular formula is C24H30N2O3. The average Bonchev–Trinajstić information content (AvgIpc) is 3.25. The normalized spacial score (nSPS) is 23.9. The Morgan fingerprint density at radius 2 is 1.72 bits per heavy atom. The third-order valence-corrected chi connectivity index (χ3v) is 6.47. The molecule has 2 aliphatic rings. The molecule has 1 amide bonds. The first-order chi connectivity index (χ1) is 14.0. The molecule has 154 valence electrons. The number of nitrogens with zero attached hydrogens (tertiary/aromatic N) is 2. The van der Waals surface area contributed by atoms with E-state index in [1.165, 1.54) is 16.7 Å². The maximum atomic E-state index is 12.4. The Morgan fingerprint density at radius 3 is 2.34 bits per heavy atom. The lowest BCUT2D eigenvalue weighted by atomic mass is 9.87. The summed E-state index contributed by atoms with van der Waals surface area (Å²) in [6, 6.07) is 14.7. The van der Waals surface area contributed by atoms with Crippen LogP contribution in [0.15, 0.2) is 42.5 Å². The summed E-state index contributed by atoms with van der Waals surface area (Å²) in [5.41, 5.74) is 3.75. The van der Waals surface area contributed by atoms with Crippen LogP contribution in [0.3, 0.4) is 0 Å². The number of hydrogen-bond acceptors (Lipinski definition) is 4. The highest BCUT2D eigenvalue weighted by atomic mass is 16.5. The maximum absolute atomic E-state index is 12.4. The van der Waals surface area contributed by atoms with Crippen molar-refractivity contribution in [3.63, 3.8) is 0 Å². The molecule has 2 aromatic carbocycles. The fourth-order valence-electron chi connectivity index (χ4n) is 5.12. The predicted molar refractivity (Wildman–Crippen MR) is 113 cm³/mol. The molecule has 0 N–H and O–H groups in total. The summed E-state index contributed by atoms with van der Waals surface area (Å²) in [4.78, 5) is 17.0. The number of carbonyl (C=O) groups excluding carboxylic acids is 1. The van der Waals surface area contributed by atoms with Crippen LogP contribution in [-0.4, -0.2) is 49.6 Å². The lowest BCUT2D eigenvalue weighted by Crippen LogP contribution is -2.34. The number of amides is 1. The molecule has 5 heteroatoms. The summed E-state index contributed by atoms with van der Waals surface area (Å²) in [5, 5.41) is 0. The summed E-state index contributed by atoms with van der Waals surface area (Å²) >= 11 is 0. The minimum Gasteiger partial charge on any atom is -0.497 e. The second-order valence-corrected chi connectivity index (χ2v) is 8.31. The minimum atomic E-state index is 0.170. The molecule has 2 aromatic rings. The van der Waals surface area contributed by atoms with Crippen LogP contribution in [0, 0.1) is 18.8 Å². The van der Waals surface area contributed by atoms with Crippen molar-refractivity contribution >= 4 is 5.91 Å². The van der Waals surface area contributed by atoms with Gasteiger partial charge in [0.25, 0.3) is 0 Å². The first-order valence-electron chi connectivity index (χ1n) is 10.3. The topological polar surface area (TPSA) is 42.0 Å². The van der Waals surface area contributed by atoms with E-state index in [1.54, 1.807) is 21.1 Å². The van der Waals surface area contributed by atoms with Gasteiger partial charge in [-0.15, -0.1) is 0 Å². The summed E-state index contributed by atoms with van der Waals surface area (Å²) in [6.07, 6.45) is 0. The van der Waals surface area contributed by atoms with E-state index in [4.69, 9.17) is 9.47 Å². The molecule has 2 heterocycles. The lowest BCUT2D eigenvalue weighted by Gasteiger charge is -2.30. The van der Waals surface area contributed by atoms with Crippen molar-refractivity contribution in [2.45, 2.75) is 26.4 Å². The van der Waals surface area contributed by atoms with Gasteiger partial charge in [-0.1, -0.05) is 24.3 Å². The van der Waals surface area contributed by atoms with Gasteiger partial charge >= 0.3 is 0 Å². The molecule has 0 spiro atoms. The number of hydrogen-bond donors (Lipinski definition) is 0. The van der Waals surface area contributed by atoms with Gasteiger partial charge in [0.1, 0.15) is 11.5 Å². The van der Waals surface area contributed by atoms with Gasteiger partial charge in [-0.2, -0.15) is 0 Å². The lowest BCUT2D eigenvalue weighted by molar-refractivity contribution is -0.130. The highest BCUT2D eigenvalue weighted by Crippen LogP contribution is 2.46. The van der Waals surface area contributed by atoms with Crippen molar-refractivity contribution in [2.75, 3.05) is 33.9 Å². The molecule has 2 fully saturated rings. The molecule has 5 nitrogen and oxygen atoms in total. The predicted octanol–water partition coefficient (Wildman–Crippen LogP) is 3.66. The zero-order valence-corrected chi connectivity index (χ0v) is 17.7. The molecule has 0 radical (unpaired) electrons. The van der Waals surface area contributed by atoms with E-state index in [2.05, 4.69) is 53.1 Å². The van der Waals surface area contributed by atoms with Gasteiger partial charge in [0.15, 0.2) is 0 Å². The van der Waals surface area contributed by atoms with Gasteiger partial charge in [-0.3, -0.25) is 9.69 Å². The molecule has 29 heavy (non-hydrogen) atoms. The summed E-state index contributed by atoms with van der Waals surface area (Å²) in [6.45, 7) is 7.56. The first kappa shape index (κ1) is 19.8. The fraction of sp³-hybridized carbons (Fsp3) is 0.458. The molecule has 0 saturated carbocycles. The summed E-state index contributed by atoms with van der Waals surface area (Å²) < 4.78 is 10.8. The molecule has 3 atom stereocenters. The molecule has 0 unspecified atom stereocenters. The van der Waals surface area contributed by atoms with E-state index < -0.39 is 0 Å². The molecule has 4 rings (SSSR count). The van der Waals surface area contributed by atoms with Crippen molar-refractivity contribution < 1.29 is 14.3 Å². The number of benzene rings is 2. The Kier molecular flexibility index (Phi) is 5.50. The fourth-order valence-corrected chi connectivity index (χ4v) is 5.12. The second-order valence-electron chi connectivity index (χ2n) is 8.31. The van der Waals surface area contributed by atoms with Crippen molar-refractivity contribution in [1.82, 2.24) is 9.80 Å². The van der Waals surface area contributed by atoms with E-state index in [1.807, 2.05) is 6.07 Å².